The molecule has 1 N–H and O–H groups in total. The van der Waals surface area contributed by atoms with Crippen LogP contribution in [0.4, 0.5) is 10.1 Å². The second-order valence-electron chi connectivity index (χ2n) is 3.78. The summed E-state index contributed by atoms with van der Waals surface area (Å²) in [6, 6.07) is 13.2. The molecule has 0 bridgehead atoms. The van der Waals surface area contributed by atoms with Crippen molar-refractivity contribution in [3.8, 4) is 0 Å². The number of hydrogen-bond acceptors (Lipinski definition) is 1. The van der Waals surface area contributed by atoms with Crippen molar-refractivity contribution in [2.24, 2.45) is 0 Å². The molecule has 86 valence electrons. The van der Waals surface area contributed by atoms with Crippen LogP contribution in [0.5, 0.6) is 0 Å². The van der Waals surface area contributed by atoms with Crippen molar-refractivity contribution in [3.05, 3.63) is 65.5 Å². The van der Waals surface area contributed by atoms with E-state index in [-0.39, 0.29) is 11.7 Å². The third-order valence-electron chi connectivity index (χ3n) is 2.48. The minimum atomic E-state index is -0.362. The van der Waals surface area contributed by atoms with Gasteiger partial charge in [0.2, 0.25) is 0 Å². The molecular formula is C14H12FNO. The van der Waals surface area contributed by atoms with Gasteiger partial charge < -0.3 is 5.32 Å². The molecule has 2 rings (SSSR count). The summed E-state index contributed by atoms with van der Waals surface area (Å²) in [7, 11) is 0. The monoisotopic (exact) mass is 229 g/mol. The van der Waals surface area contributed by atoms with E-state index in [1.54, 1.807) is 30.3 Å². The van der Waals surface area contributed by atoms with Crippen LogP contribution >= 0.6 is 0 Å². The lowest BCUT2D eigenvalue weighted by atomic mass is 10.1. The van der Waals surface area contributed by atoms with Crippen LogP contribution in [0.1, 0.15) is 15.9 Å². The zero-order valence-electron chi connectivity index (χ0n) is 9.41. The number of rotatable bonds is 2. The fourth-order valence-corrected chi connectivity index (χ4v) is 1.51. The number of anilines is 1. The molecule has 0 fully saturated rings. The molecule has 2 aromatic carbocycles. The lowest BCUT2D eigenvalue weighted by Crippen LogP contribution is -2.12. The first-order chi connectivity index (χ1) is 8.16. The van der Waals surface area contributed by atoms with Crippen LogP contribution in [-0.4, -0.2) is 5.91 Å². The van der Waals surface area contributed by atoms with Crippen molar-refractivity contribution in [2.45, 2.75) is 6.92 Å². The molecule has 2 nitrogen and oxygen atoms in total. The Labute approximate surface area is 99.1 Å². The maximum absolute atomic E-state index is 13.0. The molecule has 0 saturated heterocycles. The molecule has 17 heavy (non-hydrogen) atoms. The Morgan fingerprint density at radius 1 is 1.12 bits per heavy atom. The molecule has 0 unspecified atom stereocenters. The van der Waals surface area contributed by atoms with Gasteiger partial charge in [-0.3, -0.25) is 4.79 Å². The lowest BCUT2D eigenvalue weighted by Gasteiger charge is -2.08. The second kappa shape index (κ2) is 4.78. The van der Waals surface area contributed by atoms with Gasteiger partial charge in [0, 0.05) is 11.3 Å². The Balaban J connectivity index is 2.22. The van der Waals surface area contributed by atoms with Crippen LogP contribution in [0.15, 0.2) is 48.5 Å². The molecule has 0 aliphatic rings. The molecule has 0 heterocycles. The van der Waals surface area contributed by atoms with Crippen molar-refractivity contribution in [1.29, 1.82) is 0 Å². The highest BCUT2D eigenvalue weighted by molar-refractivity contribution is 6.04. The predicted octanol–water partition coefficient (Wildman–Crippen LogP) is 3.39. The van der Waals surface area contributed by atoms with E-state index < -0.39 is 0 Å². The van der Waals surface area contributed by atoms with Gasteiger partial charge in [0.05, 0.1) is 0 Å². The number of carbonyl (C=O) groups excluding carboxylic acids is 1. The van der Waals surface area contributed by atoms with Crippen LogP contribution in [0, 0.1) is 12.7 Å². The number of benzene rings is 2. The van der Waals surface area contributed by atoms with E-state index in [0.717, 1.165) is 5.56 Å². The van der Waals surface area contributed by atoms with Crippen molar-refractivity contribution < 1.29 is 9.18 Å². The number of hydrogen-bond donors (Lipinski definition) is 1. The summed E-state index contributed by atoms with van der Waals surface area (Å²) in [5.74, 6) is -0.599. The van der Waals surface area contributed by atoms with E-state index in [0.29, 0.717) is 11.3 Å². The van der Waals surface area contributed by atoms with Gasteiger partial charge in [-0.2, -0.15) is 0 Å². The molecule has 0 atom stereocenters. The molecule has 3 heteroatoms. The summed E-state index contributed by atoms with van der Waals surface area (Å²) in [5, 5.41) is 2.69. The quantitative estimate of drug-likeness (QED) is 0.840. The highest BCUT2D eigenvalue weighted by Gasteiger charge is 2.07. The first-order valence-electron chi connectivity index (χ1n) is 5.29. The zero-order chi connectivity index (χ0) is 12.3. The van der Waals surface area contributed by atoms with Crippen molar-refractivity contribution in [2.75, 3.05) is 5.32 Å². The fraction of sp³-hybridized carbons (Fsp3) is 0.0714. The van der Waals surface area contributed by atoms with Gasteiger partial charge in [-0.25, -0.2) is 4.39 Å². The highest BCUT2D eigenvalue weighted by Crippen LogP contribution is 2.16. The molecular weight excluding hydrogens is 217 g/mol. The standard InChI is InChI=1S/C14H12FNO/c1-10-7-8-12(15)9-13(10)16-14(17)11-5-3-2-4-6-11/h2-9H,1H3,(H,16,17). The number of nitrogens with one attached hydrogen (secondary N) is 1. The minimum absolute atomic E-state index is 0.237. The lowest BCUT2D eigenvalue weighted by molar-refractivity contribution is 0.102. The molecule has 1 amide bonds. The Bertz CT molecular complexity index is 537. The second-order valence-corrected chi connectivity index (χ2v) is 3.78. The zero-order valence-corrected chi connectivity index (χ0v) is 9.41. The number of amides is 1. The van der Waals surface area contributed by atoms with Crippen LogP contribution in [-0.2, 0) is 0 Å². The van der Waals surface area contributed by atoms with Gasteiger partial charge >= 0.3 is 0 Å². The first kappa shape index (κ1) is 11.3. The number of aryl methyl sites for hydroxylation is 1. The van der Waals surface area contributed by atoms with E-state index in [1.165, 1.54) is 12.1 Å². The van der Waals surface area contributed by atoms with E-state index in [9.17, 15) is 9.18 Å². The first-order valence-corrected chi connectivity index (χ1v) is 5.29. The molecule has 0 aliphatic heterocycles. The number of halogens is 1. The molecule has 0 aromatic heterocycles. The van der Waals surface area contributed by atoms with Crippen LogP contribution in [0.3, 0.4) is 0 Å². The van der Waals surface area contributed by atoms with E-state index in [1.807, 2.05) is 13.0 Å². The van der Waals surface area contributed by atoms with Crippen molar-refractivity contribution in [3.63, 3.8) is 0 Å². The Kier molecular flexibility index (Phi) is 3.19. The minimum Gasteiger partial charge on any atom is -0.322 e. The molecule has 2 aromatic rings. The average molecular weight is 229 g/mol. The van der Waals surface area contributed by atoms with Crippen molar-refractivity contribution >= 4 is 11.6 Å². The molecule has 0 radical (unpaired) electrons. The highest BCUT2D eigenvalue weighted by atomic mass is 19.1. The average Bonchev–Trinajstić information content (AvgIpc) is 2.35. The Hall–Kier alpha value is -2.16. The van der Waals surface area contributed by atoms with Gasteiger partial charge in [0.15, 0.2) is 0 Å². The van der Waals surface area contributed by atoms with Crippen LogP contribution in [0.2, 0.25) is 0 Å². The summed E-state index contributed by atoms with van der Waals surface area (Å²) < 4.78 is 13.0. The van der Waals surface area contributed by atoms with Gasteiger partial charge in [0.25, 0.3) is 5.91 Å². The maximum Gasteiger partial charge on any atom is 0.255 e. The van der Waals surface area contributed by atoms with Gasteiger partial charge in [-0.15, -0.1) is 0 Å². The van der Waals surface area contributed by atoms with E-state index >= 15 is 0 Å². The Morgan fingerprint density at radius 2 is 1.82 bits per heavy atom. The summed E-state index contributed by atoms with van der Waals surface area (Å²) >= 11 is 0. The largest absolute Gasteiger partial charge is 0.322 e. The number of carbonyl (C=O) groups is 1. The van der Waals surface area contributed by atoms with Crippen LogP contribution < -0.4 is 5.32 Å². The van der Waals surface area contributed by atoms with Crippen molar-refractivity contribution in [1.82, 2.24) is 0 Å². The maximum atomic E-state index is 13.0. The SMILES string of the molecule is Cc1ccc(F)cc1NC(=O)c1ccccc1. The fourth-order valence-electron chi connectivity index (χ4n) is 1.51. The summed E-state index contributed by atoms with van der Waals surface area (Å²) in [5.41, 5.74) is 1.88. The molecule has 0 spiro atoms. The summed E-state index contributed by atoms with van der Waals surface area (Å²) in [4.78, 5) is 11.8. The van der Waals surface area contributed by atoms with Gasteiger partial charge in [-0.1, -0.05) is 24.3 Å². The van der Waals surface area contributed by atoms with Gasteiger partial charge in [-0.05, 0) is 36.8 Å². The smallest absolute Gasteiger partial charge is 0.255 e. The summed E-state index contributed by atoms with van der Waals surface area (Å²) in [6.45, 7) is 1.82. The van der Waals surface area contributed by atoms with E-state index in [2.05, 4.69) is 5.32 Å². The summed E-state index contributed by atoms with van der Waals surface area (Å²) in [6.07, 6.45) is 0. The normalized spacial score (nSPS) is 10.0. The Morgan fingerprint density at radius 3 is 2.53 bits per heavy atom. The van der Waals surface area contributed by atoms with E-state index in [4.69, 9.17) is 0 Å². The predicted molar refractivity (Wildman–Crippen MR) is 65.5 cm³/mol. The third kappa shape index (κ3) is 2.69. The third-order valence-corrected chi connectivity index (χ3v) is 2.48. The molecule has 0 aliphatic carbocycles. The van der Waals surface area contributed by atoms with Crippen LogP contribution in [0.25, 0.3) is 0 Å². The topological polar surface area (TPSA) is 29.1 Å². The molecule has 0 saturated carbocycles. The van der Waals surface area contributed by atoms with Gasteiger partial charge in [0.1, 0.15) is 5.82 Å².